The summed E-state index contributed by atoms with van der Waals surface area (Å²) in [6.07, 6.45) is 5.55. The third-order valence-electron chi connectivity index (χ3n) is 2.94. The Kier molecular flexibility index (Phi) is 6.71. The van der Waals surface area contributed by atoms with Crippen LogP contribution in [0.4, 0.5) is 0 Å². The molecule has 0 aliphatic rings. The molecule has 0 heterocycles. The van der Waals surface area contributed by atoms with Crippen LogP contribution in [0.3, 0.4) is 0 Å². The van der Waals surface area contributed by atoms with Crippen LogP contribution < -0.4 is 10.5 Å². The van der Waals surface area contributed by atoms with Crippen molar-refractivity contribution in [2.45, 2.75) is 52.0 Å². The van der Waals surface area contributed by atoms with Crippen molar-refractivity contribution in [2.24, 2.45) is 5.73 Å². The number of benzene rings is 1. The zero-order valence-corrected chi connectivity index (χ0v) is 11.1. The van der Waals surface area contributed by atoms with Crippen LogP contribution in [0.15, 0.2) is 24.3 Å². The van der Waals surface area contributed by atoms with Crippen molar-refractivity contribution in [3.05, 3.63) is 29.8 Å². The average molecular weight is 235 g/mol. The van der Waals surface area contributed by atoms with E-state index < -0.39 is 0 Å². The molecule has 0 bridgehead atoms. The molecule has 1 aromatic rings. The second kappa shape index (κ2) is 8.13. The quantitative estimate of drug-likeness (QED) is 0.699. The van der Waals surface area contributed by atoms with Gasteiger partial charge in [-0.05, 0) is 37.0 Å². The molecule has 1 unspecified atom stereocenters. The van der Waals surface area contributed by atoms with Gasteiger partial charge in [0.05, 0.1) is 6.61 Å². The van der Waals surface area contributed by atoms with E-state index in [0.29, 0.717) is 0 Å². The normalized spacial score (nSPS) is 12.4. The zero-order valence-electron chi connectivity index (χ0n) is 11.1. The van der Waals surface area contributed by atoms with Gasteiger partial charge in [0.1, 0.15) is 5.75 Å². The van der Waals surface area contributed by atoms with E-state index >= 15 is 0 Å². The molecular weight excluding hydrogens is 210 g/mol. The van der Waals surface area contributed by atoms with Gasteiger partial charge in [-0.1, -0.05) is 38.8 Å². The largest absolute Gasteiger partial charge is 0.494 e. The standard InChI is InChI=1S/C15H25NO/c1-3-5-6-10-17-15-9-7-8-13(12-15)11-14(16)4-2/h7-9,12,14H,3-6,10-11,16H2,1-2H3. The highest BCUT2D eigenvalue weighted by Crippen LogP contribution is 2.15. The van der Waals surface area contributed by atoms with Crippen LogP contribution >= 0.6 is 0 Å². The number of nitrogens with two attached hydrogens (primary N) is 1. The summed E-state index contributed by atoms with van der Waals surface area (Å²) in [6, 6.07) is 8.56. The highest BCUT2D eigenvalue weighted by atomic mass is 16.5. The fourth-order valence-corrected chi connectivity index (χ4v) is 1.75. The van der Waals surface area contributed by atoms with Gasteiger partial charge in [0, 0.05) is 6.04 Å². The molecule has 1 aromatic carbocycles. The van der Waals surface area contributed by atoms with Crippen molar-refractivity contribution >= 4 is 0 Å². The molecule has 2 heteroatoms. The first-order chi connectivity index (χ1) is 8.26. The number of unbranched alkanes of at least 4 members (excludes halogenated alkanes) is 2. The summed E-state index contributed by atoms with van der Waals surface area (Å²) in [6.45, 7) is 5.14. The van der Waals surface area contributed by atoms with Gasteiger partial charge in [0.25, 0.3) is 0 Å². The summed E-state index contributed by atoms with van der Waals surface area (Å²) in [5, 5.41) is 0. The van der Waals surface area contributed by atoms with Gasteiger partial charge in [-0.2, -0.15) is 0 Å². The average Bonchev–Trinajstić information content (AvgIpc) is 2.35. The molecule has 17 heavy (non-hydrogen) atoms. The molecule has 0 aromatic heterocycles. The molecule has 0 saturated heterocycles. The van der Waals surface area contributed by atoms with Crippen molar-refractivity contribution < 1.29 is 4.74 Å². The highest BCUT2D eigenvalue weighted by molar-refractivity contribution is 5.29. The highest BCUT2D eigenvalue weighted by Gasteiger charge is 2.02. The van der Waals surface area contributed by atoms with Crippen molar-refractivity contribution in [1.82, 2.24) is 0 Å². The van der Waals surface area contributed by atoms with Gasteiger partial charge in [0.15, 0.2) is 0 Å². The molecule has 1 rings (SSSR count). The smallest absolute Gasteiger partial charge is 0.119 e. The third kappa shape index (κ3) is 5.73. The van der Waals surface area contributed by atoms with Gasteiger partial charge in [-0.25, -0.2) is 0 Å². The minimum Gasteiger partial charge on any atom is -0.494 e. The van der Waals surface area contributed by atoms with E-state index in [-0.39, 0.29) is 6.04 Å². The SMILES string of the molecule is CCCCCOc1cccc(CC(N)CC)c1. The molecule has 0 radical (unpaired) electrons. The van der Waals surface area contributed by atoms with Gasteiger partial charge in [0.2, 0.25) is 0 Å². The lowest BCUT2D eigenvalue weighted by Gasteiger charge is -2.11. The molecule has 2 N–H and O–H groups in total. The summed E-state index contributed by atoms with van der Waals surface area (Å²) in [7, 11) is 0. The molecule has 96 valence electrons. The molecule has 0 saturated carbocycles. The summed E-state index contributed by atoms with van der Waals surface area (Å²) < 4.78 is 5.72. The number of ether oxygens (including phenoxy) is 1. The fraction of sp³-hybridized carbons (Fsp3) is 0.600. The van der Waals surface area contributed by atoms with Crippen molar-refractivity contribution in [2.75, 3.05) is 6.61 Å². The van der Waals surface area contributed by atoms with E-state index in [2.05, 4.69) is 26.0 Å². The maximum Gasteiger partial charge on any atom is 0.119 e. The Balaban J connectivity index is 2.42. The van der Waals surface area contributed by atoms with E-state index in [1.54, 1.807) is 0 Å². The lowest BCUT2D eigenvalue weighted by Crippen LogP contribution is -2.21. The molecule has 0 aliphatic heterocycles. The van der Waals surface area contributed by atoms with E-state index in [0.717, 1.165) is 31.6 Å². The van der Waals surface area contributed by atoms with Crippen LogP contribution in [-0.4, -0.2) is 12.6 Å². The Bertz CT molecular complexity index is 312. The van der Waals surface area contributed by atoms with Crippen LogP contribution in [0.5, 0.6) is 5.75 Å². The van der Waals surface area contributed by atoms with Gasteiger partial charge in [-0.3, -0.25) is 0 Å². The first-order valence-electron chi connectivity index (χ1n) is 6.73. The first kappa shape index (κ1) is 14.0. The van der Waals surface area contributed by atoms with Gasteiger partial charge < -0.3 is 10.5 Å². The molecule has 2 nitrogen and oxygen atoms in total. The molecule has 0 spiro atoms. The molecular formula is C15H25NO. The first-order valence-corrected chi connectivity index (χ1v) is 6.73. The minimum absolute atomic E-state index is 0.255. The third-order valence-corrected chi connectivity index (χ3v) is 2.94. The Morgan fingerprint density at radius 1 is 1.24 bits per heavy atom. The monoisotopic (exact) mass is 235 g/mol. The number of rotatable bonds is 8. The lowest BCUT2D eigenvalue weighted by molar-refractivity contribution is 0.306. The summed E-state index contributed by atoms with van der Waals surface area (Å²) in [4.78, 5) is 0. The summed E-state index contributed by atoms with van der Waals surface area (Å²) in [5.41, 5.74) is 7.22. The predicted molar refractivity (Wildman–Crippen MR) is 73.4 cm³/mol. The molecule has 0 fully saturated rings. The van der Waals surface area contributed by atoms with Crippen LogP contribution in [0.1, 0.15) is 45.1 Å². The van der Waals surface area contributed by atoms with Crippen molar-refractivity contribution in [3.8, 4) is 5.75 Å². The molecule has 0 amide bonds. The Hall–Kier alpha value is -1.02. The number of hydrogen-bond acceptors (Lipinski definition) is 2. The van der Waals surface area contributed by atoms with Gasteiger partial charge in [-0.15, -0.1) is 0 Å². The van der Waals surface area contributed by atoms with E-state index in [1.807, 2.05) is 12.1 Å². The van der Waals surface area contributed by atoms with Crippen molar-refractivity contribution in [3.63, 3.8) is 0 Å². The molecule has 1 atom stereocenters. The predicted octanol–water partition coefficient (Wildman–Crippen LogP) is 3.54. The van der Waals surface area contributed by atoms with Gasteiger partial charge >= 0.3 is 0 Å². The van der Waals surface area contributed by atoms with Crippen LogP contribution in [0, 0.1) is 0 Å². The van der Waals surface area contributed by atoms with E-state index in [1.165, 1.54) is 18.4 Å². The Labute approximate surface area is 105 Å². The fourth-order valence-electron chi connectivity index (χ4n) is 1.75. The topological polar surface area (TPSA) is 35.2 Å². The number of hydrogen-bond donors (Lipinski definition) is 1. The van der Waals surface area contributed by atoms with E-state index in [9.17, 15) is 0 Å². The van der Waals surface area contributed by atoms with Crippen molar-refractivity contribution in [1.29, 1.82) is 0 Å². The lowest BCUT2D eigenvalue weighted by atomic mass is 10.0. The van der Waals surface area contributed by atoms with E-state index in [4.69, 9.17) is 10.5 Å². The second-order valence-electron chi connectivity index (χ2n) is 4.58. The van der Waals surface area contributed by atoms with Crippen LogP contribution in [0.25, 0.3) is 0 Å². The summed E-state index contributed by atoms with van der Waals surface area (Å²) in [5.74, 6) is 0.974. The maximum atomic E-state index is 5.95. The molecule has 0 aliphatic carbocycles. The van der Waals surface area contributed by atoms with Crippen LogP contribution in [0.2, 0.25) is 0 Å². The Morgan fingerprint density at radius 3 is 2.76 bits per heavy atom. The zero-order chi connectivity index (χ0) is 12.5. The Morgan fingerprint density at radius 2 is 2.06 bits per heavy atom. The second-order valence-corrected chi connectivity index (χ2v) is 4.58. The maximum absolute atomic E-state index is 5.95. The summed E-state index contributed by atoms with van der Waals surface area (Å²) >= 11 is 0. The van der Waals surface area contributed by atoms with Crippen LogP contribution in [-0.2, 0) is 6.42 Å². The minimum atomic E-state index is 0.255.